The zero-order valence-corrected chi connectivity index (χ0v) is 20.9. The van der Waals surface area contributed by atoms with Crippen LogP contribution in [-0.4, -0.2) is 53.1 Å². The number of H-pyrrole nitrogens is 2. The van der Waals surface area contributed by atoms with Gasteiger partial charge < -0.3 is 19.8 Å². The normalized spacial score (nSPS) is 12.2. The summed E-state index contributed by atoms with van der Waals surface area (Å²) in [5, 5.41) is 10.7. The van der Waals surface area contributed by atoms with Gasteiger partial charge in [0.1, 0.15) is 38.8 Å². The van der Waals surface area contributed by atoms with Crippen LogP contribution in [0, 0.1) is 0 Å². The van der Waals surface area contributed by atoms with Gasteiger partial charge in [0.05, 0.1) is 9.40 Å². The fraction of sp³-hybridized carbons (Fsp3) is 0.120. The topological polar surface area (TPSA) is 147 Å². The van der Waals surface area contributed by atoms with Gasteiger partial charge in [-0.2, -0.15) is 0 Å². The van der Waals surface area contributed by atoms with E-state index in [1.54, 1.807) is 30.7 Å². The van der Waals surface area contributed by atoms with Crippen molar-refractivity contribution in [1.29, 1.82) is 0 Å². The summed E-state index contributed by atoms with van der Waals surface area (Å²) in [7, 11) is 0. The molecule has 37 heavy (non-hydrogen) atoms. The first kappa shape index (κ1) is 23.0. The SMILES string of the molecule is CC(Cc1ccc(-c2nc3[nH]c(C(=O)O)cc3s2)cn1)OC(=O)c1cc2sc(-c3cccnc3)nc2[nH]1. The van der Waals surface area contributed by atoms with E-state index < -0.39 is 18.0 Å². The van der Waals surface area contributed by atoms with Gasteiger partial charge in [0.15, 0.2) is 0 Å². The molecule has 0 saturated heterocycles. The number of aromatic carboxylic acids is 1. The molecule has 1 atom stereocenters. The Morgan fingerprint density at radius 1 is 0.973 bits per heavy atom. The van der Waals surface area contributed by atoms with Crippen molar-refractivity contribution in [2.24, 2.45) is 0 Å². The van der Waals surface area contributed by atoms with Crippen molar-refractivity contribution in [3.63, 3.8) is 0 Å². The number of hydrogen-bond donors (Lipinski definition) is 3. The smallest absolute Gasteiger partial charge is 0.355 e. The second-order valence-electron chi connectivity index (χ2n) is 8.33. The van der Waals surface area contributed by atoms with E-state index in [0.29, 0.717) is 23.4 Å². The van der Waals surface area contributed by atoms with Crippen molar-refractivity contribution in [1.82, 2.24) is 29.9 Å². The lowest BCUT2D eigenvalue weighted by molar-refractivity contribution is 0.0335. The number of rotatable bonds is 7. The first-order valence-corrected chi connectivity index (χ1v) is 12.9. The Morgan fingerprint density at radius 3 is 2.24 bits per heavy atom. The summed E-state index contributed by atoms with van der Waals surface area (Å²) in [5.74, 6) is -1.47. The number of ether oxygens (including phenoxy) is 1. The van der Waals surface area contributed by atoms with Gasteiger partial charge in [-0.1, -0.05) is 0 Å². The number of thiazole rings is 2. The largest absolute Gasteiger partial charge is 0.477 e. The van der Waals surface area contributed by atoms with E-state index in [0.717, 1.165) is 36.2 Å². The van der Waals surface area contributed by atoms with Crippen molar-refractivity contribution in [3.05, 3.63) is 72.1 Å². The molecule has 6 heterocycles. The predicted molar refractivity (Wildman–Crippen MR) is 140 cm³/mol. The van der Waals surface area contributed by atoms with Crippen LogP contribution in [0.1, 0.15) is 33.6 Å². The number of nitrogens with one attached hydrogen (secondary N) is 2. The van der Waals surface area contributed by atoms with E-state index >= 15 is 0 Å². The van der Waals surface area contributed by atoms with E-state index in [4.69, 9.17) is 9.84 Å². The van der Waals surface area contributed by atoms with Gasteiger partial charge in [0.2, 0.25) is 0 Å². The molecule has 0 radical (unpaired) electrons. The van der Waals surface area contributed by atoms with Crippen molar-refractivity contribution < 1.29 is 19.4 Å². The number of aromatic amines is 2. The molecule has 0 bridgehead atoms. The number of carboxylic acids is 1. The lowest BCUT2D eigenvalue weighted by Gasteiger charge is -2.12. The van der Waals surface area contributed by atoms with Crippen LogP contribution >= 0.6 is 22.7 Å². The zero-order chi connectivity index (χ0) is 25.5. The first-order chi connectivity index (χ1) is 17.9. The van der Waals surface area contributed by atoms with Gasteiger partial charge >= 0.3 is 11.9 Å². The van der Waals surface area contributed by atoms with E-state index in [-0.39, 0.29) is 5.69 Å². The molecular weight excluding hydrogens is 512 g/mol. The average molecular weight is 531 g/mol. The Labute approximate surface area is 217 Å². The van der Waals surface area contributed by atoms with Crippen LogP contribution in [0.15, 0.2) is 55.0 Å². The minimum absolute atomic E-state index is 0.113. The summed E-state index contributed by atoms with van der Waals surface area (Å²) >= 11 is 2.87. The number of carbonyl (C=O) groups is 2. The Hall–Kier alpha value is -4.42. The third kappa shape index (κ3) is 4.59. The Bertz CT molecular complexity index is 1690. The van der Waals surface area contributed by atoms with Crippen molar-refractivity contribution in [3.8, 4) is 21.1 Å². The number of fused-ring (bicyclic) bond motifs is 2. The number of hydrogen-bond acceptors (Lipinski definition) is 9. The molecule has 12 heteroatoms. The summed E-state index contributed by atoms with van der Waals surface area (Å²) in [6.07, 6.45) is 5.24. The zero-order valence-electron chi connectivity index (χ0n) is 19.3. The maximum absolute atomic E-state index is 12.7. The minimum atomic E-state index is -1.02. The molecular formula is C25H18N6O4S2. The Kier molecular flexibility index (Phi) is 5.74. The molecule has 0 aliphatic carbocycles. The number of carbonyl (C=O) groups excluding carboxylic acids is 1. The summed E-state index contributed by atoms with van der Waals surface area (Å²) in [6, 6.07) is 10.9. The highest BCUT2D eigenvalue weighted by molar-refractivity contribution is 7.22. The molecule has 0 saturated carbocycles. The molecule has 10 nitrogen and oxygen atoms in total. The number of esters is 1. The molecule has 0 spiro atoms. The summed E-state index contributed by atoms with van der Waals surface area (Å²) in [6.45, 7) is 1.82. The Balaban J connectivity index is 1.09. The maximum atomic E-state index is 12.7. The number of carboxylic acid groups (broad SMARTS) is 1. The molecule has 6 rings (SSSR count). The highest BCUT2D eigenvalue weighted by Gasteiger charge is 2.18. The fourth-order valence-electron chi connectivity index (χ4n) is 3.84. The van der Waals surface area contributed by atoms with Crippen LogP contribution in [0.2, 0.25) is 0 Å². The van der Waals surface area contributed by atoms with Crippen molar-refractivity contribution in [2.75, 3.05) is 0 Å². The van der Waals surface area contributed by atoms with Crippen LogP contribution in [0.5, 0.6) is 0 Å². The second-order valence-corrected chi connectivity index (χ2v) is 10.4. The third-order valence-corrected chi connectivity index (χ3v) is 7.70. The standard InChI is InChI=1S/C25H18N6O4S2/c1-12(35-25(34)17-9-19-21(29-17)31-22(37-19)13-3-2-6-26-10-13)7-15-5-4-14(11-27-15)23-30-20-18(36-23)8-16(28-20)24(32)33/h2-6,8-12,28-29H,7H2,1H3,(H,32,33). The first-order valence-electron chi connectivity index (χ1n) is 11.2. The summed E-state index contributed by atoms with van der Waals surface area (Å²) in [5.41, 5.74) is 4.16. The van der Waals surface area contributed by atoms with Crippen LogP contribution in [0.3, 0.4) is 0 Å². The molecule has 1 unspecified atom stereocenters. The van der Waals surface area contributed by atoms with Crippen LogP contribution in [0.25, 0.3) is 41.8 Å². The lowest BCUT2D eigenvalue weighted by Crippen LogP contribution is -2.18. The second kappa shape index (κ2) is 9.22. The Morgan fingerprint density at radius 2 is 1.65 bits per heavy atom. The van der Waals surface area contributed by atoms with Crippen molar-refractivity contribution in [2.45, 2.75) is 19.4 Å². The molecule has 0 fully saturated rings. The highest BCUT2D eigenvalue weighted by atomic mass is 32.1. The quantitative estimate of drug-likeness (QED) is 0.240. The van der Waals surface area contributed by atoms with Gasteiger partial charge in [-0.15, -0.1) is 22.7 Å². The maximum Gasteiger partial charge on any atom is 0.355 e. The molecule has 6 aromatic heterocycles. The lowest BCUT2D eigenvalue weighted by atomic mass is 10.2. The summed E-state index contributed by atoms with van der Waals surface area (Å²) < 4.78 is 7.26. The molecule has 3 N–H and O–H groups in total. The third-order valence-electron chi connectivity index (χ3n) is 5.60. The van der Waals surface area contributed by atoms with E-state index in [1.165, 1.54) is 22.7 Å². The summed E-state index contributed by atoms with van der Waals surface area (Å²) in [4.78, 5) is 47.2. The average Bonchev–Trinajstić information content (AvgIpc) is 3.64. The molecule has 0 aromatic carbocycles. The van der Waals surface area contributed by atoms with Gasteiger partial charge in [-0.3, -0.25) is 9.97 Å². The van der Waals surface area contributed by atoms with Crippen LogP contribution < -0.4 is 0 Å². The van der Waals surface area contributed by atoms with Crippen LogP contribution in [0.4, 0.5) is 0 Å². The number of nitrogens with zero attached hydrogens (tertiary/aromatic N) is 4. The van der Waals surface area contributed by atoms with E-state index in [9.17, 15) is 9.59 Å². The molecule has 0 amide bonds. The highest BCUT2D eigenvalue weighted by Crippen LogP contribution is 2.31. The number of aromatic nitrogens is 6. The van der Waals surface area contributed by atoms with E-state index in [1.807, 2.05) is 31.2 Å². The van der Waals surface area contributed by atoms with Gasteiger partial charge in [-0.05, 0) is 43.3 Å². The molecule has 0 aliphatic heterocycles. The van der Waals surface area contributed by atoms with Gasteiger partial charge in [-0.25, -0.2) is 19.6 Å². The van der Waals surface area contributed by atoms with Crippen LogP contribution in [-0.2, 0) is 11.2 Å². The van der Waals surface area contributed by atoms with E-state index in [2.05, 4.69) is 29.9 Å². The predicted octanol–water partition coefficient (Wildman–Crippen LogP) is 5.17. The molecule has 0 aliphatic rings. The monoisotopic (exact) mass is 530 g/mol. The fourth-order valence-corrected chi connectivity index (χ4v) is 5.75. The molecule has 6 aromatic rings. The van der Waals surface area contributed by atoms with Gasteiger partial charge in [0.25, 0.3) is 0 Å². The van der Waals surface area contributed by atoms with Crippen molar-refractivity contribution >= 4 is 55.3 Å². The van der Waals surface area contributed by atoms with Gasteiger partial charge in [0, 0.05) is 41.8 Å². The number of pyridine rings is 2. The minimum Gasteiger partial charge on any atom is -0.477 e. The molecule has 184 valence electrons.